The number of amides is 1. The van der Waals surface area contributed by atoms with E-state index in [1.54, 1.807) is 14.2 Å². The predicted octanol–water partition coefficient (Wildman–Crippen LogP) is 3.93. The predicted molar refractivity (Wildman–Crippen MR) is 126 cm³/mol. The maximum Gasteiger partial charge on any atom is 0.220 e. The number of nitrogens with one attached hydrogen (secondary N) is 1. The summed E-state index contributed by atoms with van der Waals surface area (Å²) in [6.07, 6.45) is 7.00. The van der Waals surface area contributed by atoms with Crippen LogP contribution in [0, 0.1) is 12.8 Å². The van der Waals surface area contributed by atoms with Gasteiger partial charge in [-0.05, 0) is 57.2 Å². The molecule has 0 saturated carbocycles. The van der Waals surface area contributed by atoms with Crippen LogP contribution in [0.2, 0.25) is 0 Å². The van der Waals surface area contributed by atoms with Crippen molar-refractivity contribution in [3.8, 4) is 11.5 Å². The van der Waals surface area contributed by atoms with Crippen LogP contribution < -0.4 is 14.8 Å². The summed E-state index contributed by atoms with van der Waals surface area (Å²) in [5, 5.41) is 7.58. The number of carbonyl (C=O) groups excluding carboxylic acids is 1. The van der Waals surface area contributed by atoms with Gasteiger partial charge in [0, 0.05) is 55.5 Å². The van der Waals surface area contributed by atoms with Crippen LogP contribution in [-0.2, 0) is 24.4 Å². The normalized spacial score (nSPS) is 16.7. The van der Waals surface area contributed by atoms with Crippen LogP contribution in [0.15, 0.2) is 24.4 Å². The van der Waals surface area contributed by atoms with Crippen molar-refractivity contribution >= 4 is 5.91 Å². The molecule has 0 spiro atoms. The summed E-state index contributed by atoms with van der Waals surface area (Å²) in [6.45, 7) is 8.92. The molecule has 7 nitrogen and oxygen atoms in total. The van der Waals surface area contributed by atoms with E-state index in [1.807, 2.05) is 24.4 Å². The molecular formula is C25H38N4O3. The third kappa shape index (κ3) is 6.48. The van der Waals surface area contributed by atoms with Crippen molar-refractivity contribution in [1.82, 2.24) is 20.0 Å². The van der Waals surface area contributed by atoms with Crippen LogP contribution in [0.4, 0.5) is 0 Å². The number of benzene rings is 1. The first-order valence-corrected chi connectivity index (χ1v) is 11.7. The molecule has 2 aromatic rings. The van der Waals surface area contributed by atoms with E-state index in [0.717, 1.165) is 56.1 Å². The zero-order valence-electron chi connectivity index (χ0n) is 20.0. The fourth-order valence-corrected chi connectivity index (χ4v) is 4.46. The Morgan fingerprint density at radius 1 is 1.25 bits per heavy atom. The maximum atomic E-state index is 12.5. The third-order valence-electron chi connectivity index (χ3n) is 6.39. The average Bonchev–Trinajstić information content (AvgIpc) is 3.15. The van der Waals surface area contributed by atoms with Gasteiger partial charge in [-0.3, -0.25) is 14.4 Å². The lowest BCUT2D eigenvalue weighted by molar-refractivity contribution is -0.121. The van der Waals surface area contributed by atoms with Crippen molar-refractivity contribution in [2.45, 2.75) is 65.6 Å². The van der Waals surface area contributed by atoms with E-state index >= 15 is 0 Å². The molecule has 1 saturated heterocycles. The van der Waals surface area contributed by atoms with Gasteiger partial charge in [0.1, 0.15) is 11.5 Å². The minimum atomic E-state index is 0.0941. The van der Waals surface area contributed by atoms with Crippen molar-refractivity contribution in [2.75, 3.05) is 27.3 Å². The number of ether oxygens (including phenoxy) is 2. The minimum absolute atomic E-state index is 0.0941. The van der Waals surface area contributed by atoms with E-state index in [4.69, 9.17) is 9.47 Å². The highest BCUT2D eigenvalue weighted by Gasteiger charge is 2.22. The molecule has 1 aliphatic rings. The first kappa shape index (κ1) is 24.1. The molecule has 2 heterocycles. The molecule has 0 unspecified atom stereocenters. The molecule has 1 fully saturated rings. The number of nitrogens with zero attached hydrogens (tertiary/aromatic N) is 3. The van der Waals surface area contributed by atoms with Gasteiger partial charge >= 0.3 is 0 Å². The summed E-state index contributed by atoms with van der Waals surface area (Å²) in [6, 6.07) is 5.65. The minimum Gasteiger partial charge on any atom is -0.497 e. The quantitative estimate of drug-likeness (QED) is 0.571. The Morgan fingerprint density at radius 2 is 2.09 bits per heavy atom. The number of piperidine rings is 1. The Morgan fingerprint density at radius 3 is 2.84 bits per heavy atom. The van der Waals surface area contributed by atoms with E-state index in [-0.39, 0.29) is 5.91 Å². The molecule has 7 heteroatoms. The molecule has 0 aliphatic carbocycles. The van der Waals surface area contributed by atoms with E-state index < -0.39 is 0 Å². The van der Waals surface area contributed by atoms with Gasteiger partial charge in [0.05, 0.1) is 20.4 Å². The highest BCUT2D eigenvalue weighted by atomic mass is 16.5. The maximum absolute atomic E-state index is 12.5. The van der Waals surface area contributed by atoms with Gasteiger partial charge in [0.2, 0.25) is 5.91 Å². The van der Waals surface area contributed by atoms with Gasteiger partial charge in [0.15, 0.2) is 0 Å². The molecule has 0 bridgehead atoms. The highest BCUT2D eigenvalue weighted by Crippen LogP contribution is 2.25. The second-order valence-corrected chi connectivity index (χ2v) is 8.71. The van der Waals surface area contributed by atoms with E-state index in [1.165, 1.54) is 24.1 Å². The number of aryl methyl sites for hydroxylation is 1. The van der Waals surface area contributed by atoms with Crippen LogP contribution in [0.3, 0.4) is 0 Å². The van der Waals surface area contributed by atoms with E-state index in [9.17, 15) is 4.79 Å². The number of carbonyl (C=O) groups is 1. The fourth-order valence-electron chi connectivity index (χ4n) is 4.46. The topological polar surface area (TPSA) is 68.6 Å². The Hall–Kier alpha value is -2.54. The summed E-state index contributed by atoms with van der Waals surface area (Å²) in [5.74, 6) is 2.13. The molecule has 1 N–H and O–H groups in total. The van der Waals surface area contributed by atoms with Crippen LogP contribution in [0.1, 0.15) is 55.8 Å². The summed E-state index contributed by atoms with van der Waals surface area (Å²) in [4.78, 5) is 15.0. The van der Waals surface area contributed by atoms with Crippen LogP contribution in [0.25, 0.3) is 0 Å². The lowest BCUT2D eigenvalue weighted by Gasteiger charge is -2.32. The monoisotopic (exact) mass is 442 g/mol. The molecule has 3 rings (SSSR count). The molecule has 1 aliphatic heterocycles. The van der Waals surface area contributed by atoms with Gasteiger partial charge in [-0.15, -0.1) is 0 Å². The van der Waals surface area contributed by atoms with Gasteiger partial charge < -0.3 is 14.8 Å². The molecule has 32 heavy (non-hydrogen) atoms. The largest absolute Gasteiger partial charge is 0.497 e. The second-order valence-electron chi connectivity index (χ2n) is 8.71. The first-order chi connectivity index (χ1) is 15.5. The average molecular weight is 443 g/mol. The lowest BCUT2D eigenvalue weighted by atomic mass is 9.93. The third-order valence-corrected chi connectivity index (χ3v) is 6.39. The van der Waals surface area contributed by atoms with Gasteiger partial charge in [-0.1, -0.05) is 6.92 Å². The fraction of sp³-hybridized carbons (Fsp3) is 0.600. The van der Waals surface area contributed by atoms with Crippen molar-refractivity contribution < 1.29 is 14.3 Å². The number of rotatable bonds is 11. The molecule has 0 radical (unpaired) electrons. The number of likely N-dealkylation sites (tertiary alicyclic amines) is 1. The second kappa shape index (κ2) is 11.9. The van der Waals surface area contributed by atoms with Crippen LogP contribution >= 0.6 is 0 Å². The molecule has 1 amide bonds. The van der Waals surface area contributed by atoms with Gasteiger partial charge in [-0.25, -0.2) is 0 Å². The standard InChI is InChI=1S/C25H38N4O3/c1-5-12-29-19(2)22(16-27-29)18-28-13-6-7-20(17-28)8-11-25(30)26-15-21-9-10-23(31-3)14-24(21)32-4/h9-10,14,16,20H,5-8,11-13,15,17-18H2,1-4H3,(H,26,30)/t20-/m1/s1. The zero-order chi connectivity index (χ0) is 22.9. The summed E-state index contributed by atoms with van der Waals surface area (Å²) < 4.78 is 12.8. The van der Waals surface area contributed by atoms with Gasteiger partial charge in [0.25, 0.3) is 0 Å². The van der Waals surface area contributed by atoms with Crippen molar-refractivity contribution in [2.24, 2.45) is 5.92 Å². The van der Waals surface area contributed by atoms with E-state index in [2.05, 4.69) is 33.8 Å². The Bertz CT molecular complexity index is 880. The lowest BCUT2D eigenvalue weighted by Crippen LogP contribution is -2.35. The SMILES string of the molecule is CCCn1ncc(CN2CCC[C@H](CCC(=O)NCc3ccc(OC)cc3OC)C2)c1C. The number of hydrogen-bond acceptors (Lipinski definition) is 5. The first-order valence-electron chi connectivity index (χ1n) is 11.7. The molecule has 1 aromatic carbocycles. The summed E-state index contributed by atoms with van der Waals surface area (Å²) in [7, 11) is 3.26. The molecule has 176 valence electrons. The van der Waals surface area contributed by atoms with Crippen molar-refractivity contribution in [1.29, 1.82) is 0 Å². The van der Waals surface area contributed by atoms with Crippen LogP contribution in [-0.4, -0.2) is 47.9 Å². The van der Waals surface area contributed by atoms with Crippen molar-refractivity contribution in [3.63, 3.8) is 0 Å². The van der Waals surface area contributed by atoms with Gasteiger partial charge in [-0.2, -0.15) is 5.10 Å². The molecular weight excluding hydrogens is 404 g/mol. The number of hydrogen-bond donors (Lipinski definition) is 1. The smallest absolute Gasteiger partial charge is 0.220 e. The number of methoxy groups -OCH3 is 2. The summed E-state index contributed by atoms with van der Waals surface area (Å²) in [5.41, 5.74) is 3.55. The summed E-state index contributed by atoms with van der Waals surface area (Å²) >= 11 is 0. The zero-order valence-corrected chi connectivity index (χ0v) is 20.0. The molecule has 1 atom stereocenters. The highest BCUT2D eigenvalue weighted by molar-refractivity contribution is 5.75. The Labute approximate surface area is 192 Å². The molecule has 1 aromatic heterocycles. The van der Waals surface area contributed by atoms with Crippen molar-refractivity contribution in [3.05, 3.63) is 41.2 Å². The van der Waals surface area contributed by atoms with E-state index in [0.29, 0.717) is 18.9 Å². The van der Waals surface area contributed by atoms with Crippen LogP contribution in [0.5, 0.6) is 11.5 Å². The Balaban J connectivity index is 1.44. The Kier molecular flexibility index (Phi) is 8.97. The number of aromatic nitrogens is 2.